The molecule has 1 aromatic rings. The topological polar surface area (TPSA) is 131 Å². The predicted molar refractivity (Wildman–Crippen MR) is 78.6 cm³/mol. The maximum atomic E-state index is 13.4. The number of alkyl halides is 3. The van der Waals surface area contributed by atoms with Gasteiger partial charge in [-0.1, -0.05) is 12.1 Å². The first-order valence-corrected chi connectivity index (χ1v) is 7.30. The van der Waals surface area contributed by atoms with Gasteiger partial charge in [-0.05, 0) is 12.5 Å². The number of halogens is 3. The van der Waals surface area contributed by atoms with Crippen LogP contribution in [0, 0.1) is 16.0 Å². The van der Waals surface area contributed by atoms with E-state index in [4.69, 9.17) is 0 Å². The minimum Gasteiger partial charge on any atom is -0.466 e. The highest BCUT2D eigenvalue weighted by atomic mass is 19.4. The number of nitro benzene ring substituents is 1. The molecule has 0 aromatic heterocycles. The van der Waals surface area contributed by atoms with Gasteiger partial charge in [-0.15, -0.1) is 0 Å². The second-order valence-electron chi connectivity index (χ2n) is 5.42. The molecule has 0 aliphatic carbocycles. The van der Waals surface area contributed by atoms with Crippen LogP contribution >= 0.6 is 0 Å². The molecule has 0 unspecified atom stereocenters. The minimum atomic E-state index is -5.42. The number of nitrogens with one attached hydrogen (secondary N) is 2. The SMILES string of the molecule is CCOC(=O)[C@@H]1[C@@H](c2cccc([N+](=O)[O-])c2)NC(=O)N[C@]1(O)C(F)(F)F. The summed E-state index contributed by atoms with van der Waals surface area (Å²) in [6, 6.07) is 1.24. The van der Waals surface area contributed by atoms with E-state index in [1.165, 1.54) is 24.4 Å². The number of non-ortho nitro benzene ring substituents is 1. The number of amides is 2. The van der Waals surface area contributed by atoms with Crippen molar-refractivity contribution >= 4 is 17.7 Å². The van der Waals surface area contributed by atoms with Crippen LogP contribution in [0.1, 0.15) is 18.5 Å². The maximum absolute atomic E-state index is 13.4. The zero-order valence-corrected chi connectivity index (χ0v) is 13.2. The lowest BCUT2D eigenvalue weighted by Gasteiger charge is -2.44. The Morgan fingerprint density at radius 1 is 1.46 bits per heavy atom. The van der Waals surface area contributed by atoms with Gasteiger partial charge in [0.25, 0.3) is 11.4 Å². The second kappa shape index (κ2) is 6.78. The molecule has 3 N–H and O–H groups in total. The summed E-state index contributed by atoms with van der Waals surface area (Å²) in [5, 5.41) is 24.4. The first-order valence-electron chi connectivity index (χ1n) is 7.30. The standard InChI is InChI=1S/C14H14F3N3O6/c1-2-26-11(21)9-10(7-4-3-5-8(6-7)20(24)25)18-12(22)19-13(9,23)14(15,16)17/h3-6,9-10,23H,2H2,1H3,(H2,18,19,22)/t9-,10+,13+/m0/s1. The van der Waals surface area contributed by atoms with Crippen molar-refractivity contribution < 1.29 is 37.5 Å². The Balaban J connectivity index is 2.60. The molecule has 1 aromatic carbocycles. The van der Waals surface area contributed by atoms with Gasteiger partial charge >= 0.3 is 18.2 Å². The van der Waals surface area contributed by atoms with Crippen LogP contribution in [-0.4, -0.2) is 40.5 Å². The van der Waals surface area contributed by atoms with E-state index in [1.807, 2.05) is 0 Å². The van der Waals surface area contributed by atoms with Crippen molar-refractivity contribution in [1.29, 1.82) is 0 Å². The zero-order valence-electron chi connectivity index (χ0n) is 13.2. The smallest absolute Gasteiger partial charge is 0.437 e. The summed E-state index contributed by atoms with van der Waals surface area (Å²) in [5.74, 6) is -3.77. The number of ether oxygens (including phenoxy) is 1. The molecule has 9 nitrogen and oxygen atoms in total. The number of carbonyl (C=O) groups excluding carboxylic acids is 2. The van der Waals surface area contributed by atoms with E-state index in [0.29, 0.717) is 0 Å². The molecular weight excluding hydrogens is 363 g/mol. The molecule has 1 fully saturated rings. The Morgan fingerprint density at radius 3 is 2.65 bits per heavy atom. The van der Waals surface area contributed by atoms with Gasteiger partial charge in [0.15, 0.2) is 0 Å². The van der Waals surface area contributed by atoms with E-state index in [-0.39, 0.29) is 12.2 Å². The summed E-state index contributed by atoms with van der Waals surface area (Å²) in [6.07, 6.45) is -5.42. The highest BCUT2D eigenvalue weighted by Crippen LogP contribution is 2.43. The van der Waals surface area contributed by atoms with E-state index in [0.717, 1.165) is 12.1 Å². The average Bonchev–Trinajstić information content (AvgIpc) is 2.53. The van der Waals surface area contributed by atoms with E-state index in [1.54, 1.807) is 0 Å². The molecule has 1 heterocycles. The summed E-state index contributed by atoms with van der Waals surface area (Å²) < 4.78 is 44.9. The Hall–Kier alpha value is -2.89. The number of urea groups is 1. The van der Waals surface area contributed by atoms with Crippen LogP contribution in [0.2, 0.25) is 0 Å². The third-order valence-corrected chi connectivity index (χ3v) is 3.79. The number of aliphatic hydroxyl groups is 1. The van der Waals surface area contributed by atoms with Crippen molar-refractivity contribution in [2.24, 2.45) is 5.92 Å². The number of hydrogen-bond acceptors (Lipinski definition) is 6. The number of nitrogens with zero attached hydrogens (tertiary/aromatic N) is 1. The van der Waals surface area contributed by atoms with Gasteiger partial charge in [-0.3, -0.25) is 14.9 Å². The third kappa shape index (κ3) is 3.40. The van der Waals surface area contributed by atoms with Gasteiger partial charge in [0.2, 0.25) is 0 Å². The number of nitro groups is 1. The van der Waals surface area contributed by atoms with Crippen LogP contribution in [0.5, 0.6) is 0 Å². The van der Waals surface area contributed by atoms with Crippen molar-refractivity contribution in [3.8, 4) is 0 Å². The average molecular weight is 377 g/mol. The molecule has 0 radical (unpaired) electrons. The van der Waals surface area contributed by atoms with Gasteiger partial charge in [-0.2, -0.15) is 13.2 Å². The van der Waals surface area contributed by atoms with Crippen LogP contribution in [0.3, 0.4) is 0 Å². The van der Waals surface area contributed by atoms with Gasteiger partial charge in [0, 0.05) is 12.1 Å². The zero-order chi connectivity index (χ0) is 19.7. The fourth-order valence-corrected chi connectivity index (χ4v) is 2.65. The number of carbonyl (C=O) groups is 2. The van der Waals surface area contributed by atoms with Crippen molar-refractivity contribution in [3.05, 3.63) is 39.9 Å². The van der Waals surface area contributed by atoms with Crippen molar-refractivity contribution in [2.45, 2.75) is 24.9 Å². The molecule has 3 atom stereocenters. The van der Waals surface area contributed by atoms with Crippen LogP contribution in [0.25, 0.3) is 0 Å². The van der Waals surface area contributed by atoms with Crippen LogP contribution in [-0.2, 0) is 9.53 Å². The van der Waals surface area contributed by atoms with Crippen LogP contribution in [0.15, 0.2) is 24.3 Å². The van der Waals surface area contributed by atoms with Crippen LogP contribution in [0.4, 0.5) is 23.7 Å². The molecule has 12 heteroatoms. The number of benzene rings is 1. The molecule has 1 aliphatic rings. The Labute approximate surface area is 144 Å². The lowest BCUT2D eigenvalue weighted by molar-refractivity contribution is -0.385. The second-order valence-corrected chi connectivity index (χ2v) is 5.42. The lowest BCUT2D eigenvalue weighted by Crippen LogP contribution is -2.73. The molecular formula is C14H14F3N3O6. The molecule has 2 rings (SSSR count). The molecule has 1 aliphatic heterocycles. The largest absolute Gasteiger partial charge is 0.466 e. The summed E-state index contributed by atoms with van der Waals surface area (Å²) in [4.78, 5) is 33.9. The van der Waals surface area contributed by atoms with Crippen LogP contribution < -0.4 is 10.6 Å². The molecule has 142 valence electrons. The van der Waals surface area contributed by atoms with E-state index >= 15 is 0 Å². The third-order valence-electron chi connectivity index (χ3n) is 3.79. The van der Waals surface area contributed by atoms with Gasteiger partial charge in [0.05, 0.1) is 17.6 Å². The number of rotatable bonds is 4. The van der Waals surface area contributed by atoms with E-state index in [2.05, 4.69) is 10.1 Å². The molecule has 1 saturated heterocycles. The van der Waals surface area contributed by atoms with Crippen molar-refractivity contribution in [1.82, 2.24) is 10.6 Å². The number of hydrogen-bond donors (Lipinski definition) is 3. The summed E-state index contributed by atoms with van der Waals surface area (Å²) in [6.45, 7) is 1.07. The predicted octanol–water partition coefficient (Wildman–Crippen LogP) is 1.38. The minimum absolute atomic E-state index is 0.172. The molecule has 0 spiro atoms. The fourth-order valence-electron chi connectivity index (χ4n) is 2.65. The quantitative estimate of drug-likeness (QED) is 0.413. The highest BCUT2D eigenvalue weighted by Gasteiger charge is 2.67. The molecule has 0 bridgehead atoms. The van der Waals surface area contributed by atoms with E-state index in [9.17, 15) is 38.0 Å². The Bertz CT molecular complexity index is 741. The highest BCUT2D eigenvalue weighted by molar-refractivity contribution is 5.83. The maximum Gasteiger partial charge on any atom is 0.437 e. The van der Waals surface area contributed by atoms with Gasteiger partial charge in [0.1, 0.15) is 5.92 Å². The monoisotopic (exact) mass is 377 g/mol. The first kappa shape index (κ1) is 19.4. The Kier molecular flexibility index (Phi) is 5.07. The van der Waals surface area contributed by atoms with E-state index < -0.39 is 46.5 Å². The molecule has 26 heavy (non-hydrogen) atoms. The van der Waals surface area contributed by atoms with Gasteiger partial charge < -0.3 is 20.5 Å². The summed E-state index contributed by atoms with van der Waals surface area (Å²) >= 11 is 0. The lowest BCUT2D eigenvalue weighted by atomic mass is 9.82. The normalized spacial score (nSPS) is 25.8. The van der Waals surface area contributed by atoms with Gasteiger partial charge in [-0.25, -0.2) is 4.79 Å². The van der Waals surface area contributed by atoms with Crippen molar-refractivity contribution in [3.63, 3.8) is 0 Å². The summed E-state index contributed by atoms with van der Waals surface area (Å²) in [5.41, 5.74) is -4.56. The summed E-state index contributed by atoms with van der Waals surface area (Å²) in [7, 11) is 0. The number of esters is 1. The fraction of sp³-hybridized carbons (Fsp3) is 0.429. The molecule has 2 amide bonds. The molecule has 0 saturated carbocycles. The van der Waals surface area contributed by atoms with Crippen molar-refractivity contribution in [2.75, 3.05) is 6.61 Å². The Morgan fingerprint density at radius 2 is 2.12 bits per heavy atom. The first-order chi connectivity index (χ1) is 12.0.